The first-order chi connectivity index (χ1) is 12.7. The van der Waals surface area contributed by atoms with E-state index in [1.807, 2.05) is 0 Å². The fourth-order valence-electron chi connectivity index (χ4n) is 3.79. The molecule has 10 heteroatoms. The van der Waals surface area contributed by atoms with Crippen LogP contribution in [-0.2, 0) is 20.0 Å². The van der Waals surface area contributed by atoms with E-state index < -0.39 is 20.0 Å². The van der Waals surface area contributed by atoms with Crippen molar-refractivity contribution in [3.8, 4) is 0 Å². The van der Waals surface area contributed by atoms with Crippen LogP contribution in [0.2, 0.25) is 5.02 Å². The smallest absolute Gasteiger partial charge is 0.283 e. The summed E-state index contributed by atoms with van der Waals surface area (Å²) in [4.78, 5) is 0.984. The van der Waals surface area contributed by atoms with E-state index in [1.165, 1.54) is 17.0 Å². The Morgan fingerprint density at radius 3 is 2.43 bits per heavy atom. The quantitative estimate of drug-likeness (QED) is 0.531. The lowest BCUT2D eigenvalue weighted by Crippen LogP contribution is -2.43. The Morgan fingerprint density at radius 1 is 1.21 bits per heavy atom. The Bertz CT molecular complexity index is 957. The van der Waals surface area contributed by atoms with E-state index in [4.69, 9.17) is 11.6 Å². The maximum Gasteiger partial charge on any atom is 0.283 e. The maximum atomic E-state index is 12.9. The van der Waals surface area contributed by atoms with Gasteiger partial charge in [0.1, 0.15) is 11.2 Å². The number of sulfonamides is 2. The molecule has 1 fully saturated rings. The van der Waals surface area contributed by atoms with Gasteiger partial charge in [0.2, 0.25) is 10.0 Å². The van der Waals surface area contributed by atoms with E-state index in [2.05, 4.69) is 29.9 Å². The molecule has 1 saturated carbocycles. The lowest BCUT2D eigenvalue weighted by atomic mass is 9.71. The first kappa shape index (κ1) is 23.1. The molecular formula is C18H28ClN3O4S2. The monoisotopic (exact) mass is 449 g/mol. The minimum atomic E-state index is -4.04. The predicted octanol–water partition coefficient (Wildman–Crippen LogP) is 3.11. The summed E-state index contributed by atoms with van der Waals surface area (Å²) in [6.45, 7) is 6.34. The SMILES string of the molecule is CC1CC(NS(=O)(=O)c2cc(S(=O)(=O)N=CN(C)C)ccc2Cl)CC(C)(C)C1. The lowest BCUT2D eigenvalue weighted by Gasteiger charge is -2.39. The van der Waals surface area contributed by atoms with Gasteiger partial charge in [-0.1, -0.05) is 32.4 Å². The number of hydrogen-bond acceptors (Lipinski definition) is 4. The van der Waals surface area contributed by atoms with Gasteiger partial charge in [0.15, 0.2) is 0 Å². The van der Waals surface area contributed by atoms with Crippen LogP contribution < -0.4 is 4.72 Å². The van der Waals surface area contributed by atoms with E-state index in [9.17, 15) is 16.8 Å². The molecule has 1 aromatic rings. The highest BCUT2D eigenvalue weighted by atomic mass is 35.5. The number of nitrogens with zero attached hydrogens (tertiary/aromatic N) is 2. The third-order valence-electron chi connectivity index (χ3n) is 4.62. The van der Waals surface area contributed by atoms with Crippen molar-refractivity contribution in [1.82, 2.24) is 9.62 Å². The normalized spacial score (nSPS) is 23.1. The van der Waals surface area contributed by atoms with Gasteiger partial charge in [-0.05, 0) is 48.8 Å². The molecule has 0 spiro atoms. The van der Waals surface area contributed by atoms with Gasteiger partial charge in [0.05, 0.1) is 9.92 Å². The van der Waals surface area contributed by atoms with Gasteiger partial charge in [-0.25, -0.2) is 13.1 Å². The van der Waals surface area contributed by atoms with Gasteiger partial charge >= 0.3 is 0 Å². The van der Waals surface area contributed by atoms with Crippen LogP contribution >= 0.6 is 11.6 Å². The van der Waals surface area contributed by atoms with Crippen LogP contribution in [0.25, 0.3) is 0 Å². The van der Waals surface area contributed by atoms with Crippen LogP contribution in [0.4, 0.5) is 0 Å². The van der Waals surface area contributed by atoms with Crippen molar-refractivity contribution in [3.63, 3.8) is 0 Å². The van der Waals surface area contributed by atoms with Crippen LogP contribution in [0.15, 0.2) is 32.4 Å². The summed E-state index contributed by atoms with van der Waals surface area (Å²) in [5.41, 5.74) is 0.0285. The van der Waals surface area contributed by atoms with Crippen molar-refractivity contribution < 1.29 is 16.8 Å². The fraction of sp³-hybridized carbons (Fsp3) is 0.611. The van der Waals surface area contributed by atoms with Gasteiger partial charge in [0.25, 0.3) is 10.0 Å². The van der Waals surface area contributed by atoms with E-state index in [-0.39, 0.29) is 26.3 Å². The molecule has 0 aliphatic heterocycles. The van der Waals surface area contributed by atoms with Gasteiger partial charge in [0, 0.05) is 20.1 Å². The zero-order valence-corrected chi connectivity index (χ0v) is 19.2. The molecule has 2 rings (SSSR count). The highest BCUT2D eigenvalue weighted by molar-refractivity contribution is 7.90. The molecular weight excluding hydrogens is 422 g/mol. The Balaban J connectivity index is 2.36. The van der Waals surface area contributed by atoms with E-state index >= 15 is 0 Å². The van der Waals surface area contributed by atoms with Crippen LogP contribution in [0.5, 0.6) is 0 Å². The first-order valence-corrected chi connectivity index (χ1v) is 12.3. The summed E-state index contributed by atoms with van der Waals surface area (Å²) in [5.74, 6) is 0.388. The maximum absolute atomic E-state index is 12.9. The van der Waals surface area contributed by atoms with Crippen LogP contribution in [-0.4, -0.2) is 48.2 Å². The summed E-state index contributed by atoms with van der Waals surface area (Å²) in [7, 11) is -4.76. The molecule has 28 heavy (non-hydrogen) atoms. The van der Waals surface area contributed by atoms with Crippen molar-refractivity contribution >= 4 is 38.0 Å². The molecule has 1 N–H and O–H groups in total. The highest BCUT2D eigenvalue weighted by Crippen LogP contribution is 2.39. The topological polar surface area (TPSA) is 95.9 Å². The Morgan fingerprint density at radius 2 is 1.86 bits per heavy atom. The molecule has 158 valence electrons. The second-order valence-electron chi connectivity index (χ2n) is 8.48. The van der Waals surface area contributed by atoms with Gasteiger partial charge in [-0.15, -0.1) is 4.40 Å². The van der Waals surface area contributed by atoms with Crippen molar-refractivity contribution in [2.24, 2.45) is 15.7 Å². The molecule has 1 aromatic carbocycles. The molecule has 0 saturated heterocycles. The van der Waals surface area contributed by atoms with Crippen molar-refractivity contribution in [1.29, 1.82) is 0 Å². The number of rotatable bonds is 6. The van der Waals surface area contributed by atoms with Gasteiger partial charge < -0.3 is 4.90 Å². The summed E-state index contributed by atoms with van der Waals surface area (Å²) < 4.78 is 56.9. The average Bonchev–Trinajstić information content (AvgIpc) is 2.50. The molecule has 0 bridgehead atoms. The summed E-state index contributed by atoms with van der Waals surface area (Å²) in [5, 5.41) is -0.0360. The van der Waals surface area contributed by atoms with E-state index in [0.717, 1.165) is 25.2 Å². The number of nitrogens with one attached hydrogen (secondary N) is 1. The number of halogens is 1. The highest BCUT2D eigenvalue weighted by Gasteiger charge is 2.35. The molecule has 7 nitrogen and oxygen atoms in total. The van der Waals surface area contributed by atoms with Gasteiger partial charge in [-0.2, -0.15) is 8.42 Å². The van der Waals surface area contributed by atoms with Crippen LogP contribution in [0.1, 0.15) is 40.0 Å². The molecule has 0 heterocycles. The minimum absolute atomic E-state index is 0.0285. The fourth-order valence-corrected chi connectivity index (χ4v) is 6.58. The Hall–Kier alpha value is -1.16. The molecule has 0 amide bonds. The third-order valence-corrected chi connectivity index (χ3v) is 7.84. The summed E-state index contributed by atoms with van der Waals surface area (Å²) in [6.07, 6.45) is 3.61. The summed E-state index contributed by atoms with van der Waals surface area (Å²) in [6, 6.07) is 3.34. The average molecular weight is 450 g/mol. The first-order valence-electron chi connectivity index (χ1n) is 9.01. The summed E-state index contributed by atoms with van der Waals surface area (Å²) >= 11 is 6.10. The number of hydrogen-bond donors (Lipinski definition) is 1. The minimum Gasteiger partial charge on any atom is -0.368 e. The second-order valence-corrected chi connectivity index (χ2v) is 12.2. The Labute approximate surface area is 173 Å². The second kappa shape index (κ2) is 8.30. The molecule has 2 unspecified atom stereocenters. The molecule has 0 aromatic heterocycles. The number of benzene rings is 1. The predicted molar refractivity (Wildman–Crippen MR) is 112 cm³/mol. The van der Waals surface area contributed by atoms with Crippen molar-refractivity contribution in [3.05, 3.63) is 23.2 Å². The molecule has 1 aliphatic rings. The van der Waals surface area contributed by atoms with Crippen molar-refractivity contribution in [2.45, 2.75) is 55.9 Å². The van der Waals surface area contributed by atoms with E-state index in [0.29, 0.717) is 12.3 Å². The largest absolute Gasteiger partial charge is 0.368 e. The van der Waals surface area contributed by atoms with Crippen LogP contribution in [0, 0.1) is 11.3 Å². The standard InChI is InChI=1S/C18H28ClN3O4S2/c1-13-8-14(11-18(2,3)10-13)21-28(25,26)17-9-15(6-7-16(17)19)27(23,24)20-12-22(4)5/h6-7,9,12-14,21H,8,10-11H2,1-5H3. The van der Waals surface area contributed by atoms with Crippen LogP contribution in [0.3, 0.4) is 0 Å². The zero-order valence-electron chi connectivity index (χ0n) is 16.8. The van der Waals surface area contributed by atoms with Crippen molar-refractivity contribution in [2.75, 3.05) is 14.1 Å². The van der Waals surface area contributed by atoms with Gasteiger partial charge in [-0.3, -0.25) is 0 Å². The molecule has 1 aliphatic carbocycles. The Kier molecular flexibility index (Phi) is 6.85. The zero-order chi connectivity index (χ0) is 21.3. The molecule has 2 atom stereocenters. The third kappa shape index (κ3) is 5.92. The molecule has 0 radical (unpaired) electrons. The lowest BCUT2D eigenvalue weighted by molar-refractivity contribution is 0.163. The van der Waals surface area contributed by atoms with E-state index in [1.54, 1.807) is 14.1 Å².